The zero-order valence-corrected chi connectivity index (χ0v) is 32.6. The number of nitrogens with one attached hydrogen (secondary N) is 2. The summed E-state index contributed by atoms with van der Waals surface area (Å²) in [4.78, 5) is 59.2. The van der Waals surface area contributed by atoms with Crippen molar-refractivity contribution in [2.45, 2.75) is 75.7 Å². The Morgan fingerprint density at radius 3 is 2.45 bits per heavy atom. The van der Waals surface area contributed by atoms with E-state index in [1.807, 2.05) is 29.1 Å². The fraction of sp³-hybridized carbons (Fsp3) is 0.463. The number of pyridine rings is 1. The van der Waals surface area contributed by atoms with Crippen molar-refractivity contribution >= 4 is 51.0 Å². The summed E-state index contributed by atoms with van der Waals surface area (Å²) in [5.74, 6) is -0.655. The summed E-state index contributed by atoms with van der Waals surface area (Å²) in [6.07, 6.45) is 3.77. The molecule has 5 aromatic rings. The fourth-order valence-electron chi connectivity index (χ4n) is 9.03. The van der Waals surface area contributed by atoms with E-state index < -0.39 is 29.7 Å². The second-order valence-electron chi connectivity index (χ2n) is 15.7. The Balaban J connectivity index is 0.866. The van der Waals surface area contributed by atoms with Gasteiger partial charge in [-0.1, -0.05) is 12.1 Å². The summed E-state index contributed by atoms with van der Waals surface area (Å²) in [6.45, 7) is 2.67. The number of imidazole rings is 1. The van der Waals surface area contributed by atoms with Gasteiger partial charge in [-0.25, -0.2) is 9.78 Å². The number of ether oxygens (including phenoxy) is 1. The lowest BCUT2D eigenvalue weighted by Gasteiger charge is -2.40. The first-order valence-corrected chi connectivity index (χ1v) is 19.7. The molecule has 8 rings (SSSR count). The highest BCUT2D eigenvalue weighted by molar-refractivity contribution is 6.05. The standard InChI is InChI=1S/C41H46F3N9O5/c1-49(26-16-18-51(19-17-26)31-7-5-8-32-37(31)50(2)40(57)53(32)33-14-15-36(54)47-39(33)56)22-24-10-12-27(13-11-24)52-23-25-20-30(34(58-3)21-29(25)48-52)46-38(55)28-6-4-9-35(45-28)41(42,43)44/h4-9,20-21,23-24,26-27,33H,10-19,22H2,1-3H3,(H,46,55)(H,47,54,56). The topological polar surface area (TPSA) is 149 Å². The number of carbonyl (C=O) groups is 3. The van der Waals surface area contributed by atoms with Crippen LogP contribution in [0.5, 0.6) is 5.75 Å². The number of para-hydroxylation sites is 1. The van der Waals surface area contributed by atoms with Crippen LogP contribution in [0.1, 0.15) is 79.6 Å². The lowest BCUT2D eigenvalue weighted by molar-refractivity contribution is -0.141. The summed E-state index contributed by atoms with van der Waals surface area (Å²) < 4.78 is 50.2. The van der Waals surface area contributed by atoms with Gasteiger partial charge < -0.3 is 19.9 Å². The third-order valence-electron chi connectivity index (χ3n) is 12.1. The number of hydrogen-bond donors (Lipinski definition) is 2. The van der Waals surface area contributed by atoms with E-state index in [-0.39, 0.29) is 29.8 Å². The van der Waals surface area contributed by atoms with Gasteiger partial charge >= 0.3 is 11.9 Å². The largest absolute Gasteiger partial charge is 0.494 e. The van der Waals surface area contributed by atoms with E-state index in [0.29, 0.717) is 40.9 Å². The van der Waals surface area contributed by atoms with E-state index in [1.165, 1.54) is 17.7 Å². The monoisotopic (exact) mass is 801 g/mol. The van der Waals surface area contributed by atoms with Crippen molar-refractivity contribution in [2.24, 2.45) is 13.0 Å². The Kier molecular flexibility index (Phi) is 10.5. The molecule has 17 heteroatoms. The molecule has 0 spiro atoms. The lowest BCUT2D eigenvalue weighted by Crippen LogP contribution is -2.45. The zero-order chi connectivity index (χ0) is 40.9. The van der Waals surface area contributed by atoms with Crippen molar-refractivity contribution in [1.82, 2.24) is 34.1 Å². The zero-order valence-electron chi connectivity index (χ0n) is 32.6. The predicted octanol–water partition coefficient (Wildman–Crippen LogP) is 5.67. The van der Waals surface area contributed by atoms with Crippen LogP contribution in [0.4, 0.5) is 24.5 Å². The number of piperidine rings is 2. The summed E-state index contributed by atoms with van der Waals surface area (Å²) in [7, 11) is 5.40. The molecule has 306 valence electrons. The minimum Gasteiger partial charge on any atom is -0.494 e. The highest BCUT2D eigenvalue weighted by Gasteiger charge is 2.35. The average Bonchev–Trinajstić information content (AvgIpc) is 3.74. The molecule has 2 N–H and O–H groups in total. The number of aryl methyl sites for hydroxylation is 1. The fourth-order valence-corrected chi connectivity index (χ4v) is 9.03. The smallest absolute Gasteiger partial charge is 0.433 e. The maximum absolute atomic E-state index is 13.4. The van der Waals surface area contributed by atoms with E-state index in [9.17, 15) is 32.3 Å². The van der Waals surface area contributed by atoms with Gasteiger partial charge in [0.15, 0.2) is 0 Å². The molecule has 2 aromatic carbocycles. The van der Waals surface area contributed by atoms with Gasteiger partial charge in [0.1, 0.15) is 23.2 Å². The number of hydrogen-bond acceptors (Lipinski definition) is 9. The van der Waals surface area contributed by atoms with Gasteiger partial charge in [-0.2, -0.15) is 18.3 Å². The normalized spacial score (nSPS) is 20.9. The van der Waals surface area contributed by atoms with Crippen LogP contribution in [-0.4, -0.2) is 86.4 Å². The molecule has 1 aliphatic carbocycles. The van der Waals surface area contributed by atoms with Crippen molar-refractivity contribution in [1.29, 1.82) is 0 Å². The molecule has 1 atom stereocenters. The molecule has 3 fully saturated rings. The molecular weight excluding hydrogens is 756 g/mol. The Labute approximate surface area is 331 Å². The SMILES string of the molecule is COc1cc2nn(C3CCC(CN(C)C4CCN(c5cccc6c5n(C)c(=O)n6C5CCC(=O)NC5=O)CC4)CC3)cc2cc1NC(=O)c1cccc(C(F)(F)F)n1. The summed E-state index contributed by atoms with van der Waals surface area (Å²) in [5.41, 5.74) is 1.69. The second-order valence-corrected chi connectivity index (χ2v) is 15.7. The van der Waals surface area contributed by atoms with Gasteiger partial charge in [-0.05, 0) is 88.2 Å². The van der Waals surface area contributed by atoms with Gasteiger partial charge in [0.05, 0.1) is 41.1 Å². The van der Waals surface area contributed by atoms with E-state index in [2.05, 4.69) is 32.5 Å². The first kappa shape index (κ1) is 39.1. The quantitative estimate of drug-likeness (QED) is 0.180. The molecule has 5 heterocycles. The molecule has 1 unspecified atom stereocenters. The van der Waals surface area contributed by atoms with Crippen molar-refractivity contribution in [3.05, 3.63) is 76.6 Å². The third kappa shape index (κ3) is 7.54. The minimum atomic E-state index is -4.67. The van der Waals surface area contributed by atoms with E-state index in [0.717, 1.165) is 86.9 Å². The molecule has 2 saturated heterocycles. The van der Waals surface area contributed by atoms with Crippen LogP contribution in [0.3, 0.4) is 0 Å². The summed E-state index contributed by atoms with van der Waals surface area (Å²) in [5, 5.41) is 10.6. The second kappa shape index (κ2) is 15.6. The highest BCUT2D eigenvalue weighted by atomic mass is 19.4. The number of benzene rings is 2. The molecule has 14 nitrogen and oxygen atoms in total. The van der Waals surface area contributed by atoms with Gasteiger partial charge in [0.2, 0.25) is 11.8 Å². The molecule has 0 radical (unpaired) electrons. The van der Waals surface area contributed by atoms with Crippen molar-refractivity contribution in [3.8, 4) is 5.75 Å². The maximum Gasteiger partial charge on any atom is 0.433 e. The van der Waals surface area contributed by atoms with Crippen molar-refractivity contribution in [3.63, 3.8) is 0 Å². The van der Waals surface area contributed by atoms with Crippen LogP contribution in [-0.2, 0) is 22.8 Å². The molecule has 3 amide bonds. The molecular formula is C41H46F3N9O5. The number of halogens is 3. The number of imide groups is 1. The minimum absolute atomic E-state index is 0.197. The van der Waals surface area contributed by atoms with Crippen molar-refractivity contribution in [2.75, 3.05) is 44.0 Å². The van der Waals surface area contributed by atoms with Crippen molar-refractivity contribution < 1.29 is 32.3 Å². The number of fused-ring (bicyclic) bond motifs is 2. The van der Waals surface area contributed by atoms with Crippen LogP contribution in [0.15, 0.2) is 59.5 Å². The molecule has 1 saturated carbocycles. The number of carbonyl (C=O) groups excluding carboxylic acids is 3. The Morgan fingerprint density at radius 1 is 1.00 bits per heavy atom. The molecule has 58 heavy (non-hydrogen) atoms. The third-order valence-corrected chi connectivity index (χ3v) is 12.1. The molecule has 0 bridgehead atoms. The first-order valence-electron chi connectivity index (χ1n) is 19.7. The number of methoxy groups -OCH3 is 1. The van der Waals surface area contributed by atoms with E-state index >= 15 is 0 Å². The number of anilines is 2. The molecule has 3 aliphatic rings. The van der Waals surface area contributed by atoms with Crippen LogP contribution in [0.2, 0.25) is 0 Å². The highest BCUT2D eigenvalue weighted by Crippen LogP contribution is 2.37. The van der Waals surface area contributed by atoms with Gasteiger partial charge in [-0.3, -0.25) is 33.5 Å². The van der Waals surface area contributed by atoms with Gasteiger partial charge in [0.25, 0.3) is 5.91 Å². The van der Waals surface area contributed by atoms with Crippen LogP contribution >= 0.6 is 0 Å². The Hall–Kier alpha value is -5.71. The lowest BCUT2D eigenvalue weighted by atomic mass is 9.85. The molecule has 3 aromatic heterocycles. The number of aromatic nitrogens is 5. The predicted molar refractivity (Wildman–Crippen MR) is 211 cm³/mol. The summed E-state index contributed by atoms with van der Waals surface area (Å²) >= 11 is 0. The number of amides is 3. The molecule has 2 aliphatic heterocycles. The van der Waals surface area contributed by atoms with E-state index in [1.54, 1.807) is 23.7 Å². The van der Waals surface area contributed by atoms with Crippen LogP contribution in [0.25, 0.3) is 21.9 Å². The average molecular weight is 802 g/mol. The van der Waals surface area contributed by atoms with Gasteiger partial charge in [-0.15, -0.1) is 0 Å². The summed E-state index contributed by atoms with van der Waals surface area (Å²) in [6, 6.07) is 12.4. The Bertz CT molecular complexity index is 2440. The maximum atomic E-state index is 13.4. The number of alkyl halides is 3. The van der Waals surface area contributed by atoms with Crippen LogP contribution in [0, 0.1) is 5.92 Å². The van der Waals surface area contributed by atoms with E-state index in [4.69, 9.17) is 9.84 Å². The van der Waals surface area contributed by atoms with Crippen LogP contribution < -0.4 is 26.0 Å². The van der Waals surface area contributed by atoms with Gasteiger partial charge in [0, 0.05) is 56.8 Å². The number of rotatable bonds is 9. The number of nitrogens with zero attached hydrogens (tertiary/aromatic N) is 7. The Morgan fingerprint density at radius 2 is 1.74 bits per heavy atom. The first-order chi connectivity index (χ1) is 27.8.